The fourth-order valence-electron chi connectivity index (χ4n) is 2.18. The quantitative estimate of drug-likeness (QED) is 0.747. The number of benzene rings is 2. The molecule has 0 fully saturated rings. The van der Waals surface area contributed by atoms with E-state index in [0.717, 1.165) is 5.69 Å². The summed E-state index contributed by atoms with van der Waals surface area (Å²) in [5.74, 6) is -1.02. The number of hydrogen-bond acceptors (Lipinski definition) is 2. The molecule has 2 aromatic carbocycles. The minimum Gasteiger partial charge on any atom is -0.371 e. The molecule has 0 aliphatic rings. The van der Waals surface area contributed by atoms with Gasteiger partial charge in [0.25, 0.3) is 0 Å². The van der Waals surface area contributed by atoms with Crippen molar-refractivity contribution in [1.82, 2.24) is 0 Å². The lowest BCUT2D eigenvalue weighted by Gasteiger charge is -2.22. The van der Waals surface area contributed by atoms with Gasteiger partial charge in [0.05, 0.1) is 5.56 Å². The van der Waals surface area contributed by atoms with Crippen molar-refractivity contribution in [3.63, 3.8) is 0 Å². The molecular formula is C17H17F2NO. The van der Waals surface area contributed by atoms with Crippen LogP contribution in [0, 0.1) is 11.6 Å². The SMILES string of the molecule is CCN(CCC(=O)c1ccccc1F)c1ccc(F)cc1. The number of rotatable bonds is 6. The number of carbonyl (C=O) groups is 1. The second kappa shape index (κ2) is 6.97. The molecule has 21 heavy (non-hydrogen) atoms. The molecule has 0 N–H and O–H groups in total. The zero-order valence-electron chi connectivity index (χ0n) is 11.9. The Balaban J connectivity index is 2.02. The summed E-state index contributed by atoms with van der Waals surface area (Å²) >= 11 is 0. The molecule has 0 unspecified atom stereocenters. The highest BCUT2D eigenvalue weighted by Crippen LogP contribution is 2.16. The highest BCUT2D eigenvalue weighted by molar-refractivity contribution is 5.96. The van der Waals surface area contributed by atoms with E-state index in [4.69, 9.17) is 0 Å². The number of ketones is 1. The first kappa shape index (κ1) is 15.2. The van der Waals surface area contributed by atoms with Gasteiger partial charge in [-0.3, -0.25) is 4.79 Å². The van der Waals surface area contributed by atoms with Gasteiger partial charge < -0.3 is 4.90 Å². The molecule has 110 valence electrons. The van der Waals surface area contributed by atoms with Crippen LogP contribution in [0.15, 0.2) is 48.5 Å². The second-order valence-corrected chi connectivity index (χ2v) is 4.71. The Bertz CT molecular complexity index is 610. The van der Waals surface area contributed by atoms with E-state index in [0.29, 0.717) is 13.1 Å². The number of hydrogen-bond donors (Lipinski definition) is 0. The fourth-order valence-corrected chi connectivity index (χ4v) is 2.18. The summed E-state index contributed by atoms with van der Waals surface area (Å²) in [5, 5.41) is 0. The van der Waals surface area contributed by atoms with Crippen LogP contribution in [0.25, 0.3) is 0 Å². The molecule has 0 aliphatic carbocycles. The van der Waals surface area contributed by atoms with Crippen molar-refractivity contribution < 1.29 is 13.6 Å². The summed E-state index contributed by atoms with van der Waals surface area (Å²) in [4.78, 5) is 14.0. The average molecular weight is 289 g/mol. The number of Topliss-reactive ketones (excluding diaryl/α,β-unsaturated/α-hetero) is 1. The predicted octanol–water partition coefficient (Wildman–Crippen LogP) is 4.06. The molecule has 0 aliphatic heterocycles. The van der Waals surface area contributed by atoms with Crippen LogP contribution in [0.4, 0.5) is 14.5 Å². The Morgan fingerprint density at radius 2 is 1.71 bits per heavy atom. The van der Waals surface area contributed by atoms with E-state index in [-0.39, 0.29) is 23.6 Å². The molecule has 2 rings (SSSR count). The standard InChI is InChI=1S/C17H17F2NO/c1-2-20(14-9-7-13(18)8-10-14)12-11-17(21)15-5-3-4-6-16(15)19/h3-10H,2,11-12H2,1H3. The molecule has 0 atom stereocenters. The van der Waals surface area contributed by atoms with Gasteiger partial charge in [-0.25, -0.2) is 8.78 Å². The van der Waals surface area contributed by atoms with Gasteiger partial charge in [-0.1, -0.05) is 12.1 Å². The lowest BCUT2D eigenvalue weighted by atomic mass is 10.1. The Hall–Kier alpha value is -2.23. The van der Waals surface area contributed by atoms with Crippen LogP contribution >= 0.6 is 0 Å². The van der Waals surface area contributed by atoms with Gasteiger partial charge in [0, 0.05) is 25.2 Å². The highest BCUT2D eigenvalue weighted by atomic mass is 19.1. The van der Waals surface area contributed by atoms with E-state index < -0.39 is 5.82 Å². The van der Waals surface area contributed by atoms with Crippen molar-refractivity contribution in [1.29, 1.82) is 0 Å². The minimum absolute atomic E-state index is 0.118. The van der Waals surface area contributed by atoms with Gasteiger partial charge in [0.2, 0.25) is 0 Å². The summed E-state index contributed by atoms with van der Waals surface area (Å²) in [6, 6.07) is 12.1. The third-order valence-electron chi connectivity index (χ3n) is 3.36. The highest BCUT2D eigenvalue weighted by Gasteiger charge is 2.13. The van der Waals surface area contributed by atoms with Gasteiger partial charge in [0.1, 0.15) is 11.6 Å². The molecule has 0 heterocycles. The molecule has 0 aromatic heterocycles. The first-order valence-corrected chi connectivity index (χ1v) is 6.90. The fraction of sp³-hybridized carbons (Fsp3) is 0.235. The van der Waals surface area contributed by atoms with Gasteiger partial charge in [-0.2, -0.15) is 0 Å². The normalized spacial score (nSPS) is 10.4. The first-order valence-electron chi connectivity index (χ1n) is 6.90. The van der Waals surface area contributed by atoms with Gasteiger partial charge >= 0.3 is 0 Å². The summed E-state index contributed by atoms with van der Waals surface area (Å²) in [6.45, 7) is 3.11. The smallest absolute Gasteiger partial charge is 0.167 e. The molecule has 0 amide bonds. The number of anilines is 1. The maximum Gasteiger partial charge on any atom is 0.167 e. The molecular weight excluding hydrogens is 272 g/mol. The lowest BCUT2D eigenvalue weighted by Crippen LogP contribution is -2.26. The van der Waals surface area contributed by atoms with E-state index in [1.165, 1.54) is 24.3 Å². The molecule has 0 spiro atoms. The zero-order chi connectivity index (χ0) is 15.2. The van der Waals surface area contributed by atoms with Crippen molar-refractivity contribution in [2.45, 2.75) is 13.3 Å². The topological polar surface area (TPSA) is 20.3 Å². The maximum absolute atomic E-state index is 13.5. The third kappa shape index (κ3) is 3.88. The Morgan fingerprint density at radius 1 is 1.05 bits per heavy atom. The van der Waals surface area contributed by atoms with E-state index in [9.17, 15) is 13.6 Å². The number of halogens is 2. The molecule has 0 saturated carbocycles. The van der Waals surface area contributed by atoms with Gasteiger partial charge in [-0.05, 0) is 43.3 Å². The van der Waals surface area contributed by atoms with Crippen LogP contribution in [-0.2, 0) is 0 Å². The predicted molar refractivity (Wildman–Crippen MR) is 79.6 cm³/mol. The summed E-state index contributed by atoms with van der Waals surface area (Å²) < 4.78 is 26.5. The van der Waals surface area contributed by atoms with Crippen LogP contribution in [-0.4, -0.2) is 18.9 Å². The average Bonchev–Trinajstić information content (AvgIpc) is 2.49. The van der Waals surface area contributed by atoms with Gasteiger partial charge in [0.15, 0.2) is 5.78 Å². The Morgan fingerprint density at radius 3 is 2.33 bits per heavy atom. The van der Waals surface area contributed by atoms with Crippen LogP contribution in [0.5, 0.6) is 0 Å². The van der Waals surface area contributed by atoms with E-state index >= 15 is 0 Å². The largest absolute Gasteiger partial charge is 0.371 e. The molecule has 2 aromatic rings. The summed E-state index contributed by atoms with van der Waals surface area (Å²) in [6.07, 6.45) is 0.214. The van der Waals surface area contributed by atoms with Crippen molar-refractivity contribution in [2.75, 3.05) is 18.0 Å². The molecule has 0 bridgehead atoms. The number of nitrogens with zero attached hydrogens (tertiary/aromatic N) is 1. The third-order valence-corrected chi connectivity index (χ3v) is 3.36. The lowest BCUT2D eigenvalue weighted by molar-refractivity contribution is 0.0981. The van der Waals surface area contributed by atoms with Gasteiger partial charge in [-0.15, -0.1) is 0 Å². The van der Waals surface area contributed by atoms with Crippen molar-refractivity contribution in [3.05, 3.63) is 65.7 Å². The molecule has 0 radical (unpaired) electrons. The first-order chi connectivity index (χ1) is 10.1. The monoisotopic (exact) mass is 289 g/mol. The van der Waals surface area contributed by atoms with Crippen LogP contribution in [0.2, 0.25) is 0 Å². The molecule has 2 nitrogen and oxygen atoms in total. The van der Waals surface area contributed by atoms with E-state index in [1.807, 2.05) is 11.8 Å². The Kier molecular flexibility index (Phi) is 5.04. The summed E-state index contributed by atoms with van der Waals surface area (Å²) in [7, 11) is 0. The van der Waals surface area contributed by atoms with Crippen LogP contribution in [0.3, 0.4) is 0 Å². The summed E-state index contributed by atoms with van der Waals surface area (Å²) in [5.41, 5.74) is 0.966. The van der Waals surface area contributed by atoms with Crippen LogP contribution < -0.4 is 4.90 Å². The minimum atomic E-state index is -0.493. The zero-order valence-corrected chi connectivity index (χ0v) is 11.9. The van der Waals surface area contributed by atoms with Crippen LogP contribution in [0.1, 0.15) is 23.7 Å². The van der Waals surface area contributed by atoms with Crippen molar-refractivity contribution in [3.8, 4) is 0 Å². The molecule has 0 saturated heterocycles. The number of carbonyl (C=O) groups excluding carboxylic acids is 1. The molecule has 4 heteroatoms. The van der Waals surface area contributed by atoms with Crippen molar-refractivity contribution in [2.24, 2.45) is 0 Å². The maximum atomic E-state index is 13.5. The van der Waals surface area contributed by atoms with E-state index in [1.54, 1.807) is 24.3 Å². The van der Waals surface area contributed by atoms with E-state index in [2.05, 4.69) is 0 Å². The second-order valence-electron chi connectivity index (χ2n) is 4.71. The Labute approximate surface area is 123 Å². The van der Waals surface area contributed by atoms with Crippen molar-refractivity contribution >= 4 is 11.5 Å².